The lowest BCUT2D eigenvalue weighted by molar-refractivity contribution is -0.137. The predicted octanol–water partition coefficient (Wildman–Crippen LogP) is 4.11. The molecule has 2 aromatic carbocycles. The quantitative estimate of drug-likeness (QED) is 0.550. The number of nitrogens with two attached hydrogens (primary N) is 1. The van der Waals surface area contributed by atoms with Crippen molar-refractivity contribution >= 4 is 28.2 Å². The van der Waals surface area contributed by atoms with Gasteiger partial charge in [-0.2, -0.15) is 13.2 Å². The highest BCUT2D eigenvalue weighted by Crippen LogP contribution is 2.33. The summed E-state index contributed by atoms with van der Waals surface area (Å²) in [5, 5.41) is 3.26. The molecule has 0 fully saturated rings. The van der Waals surface area contributed by atoms with Crippen LogP contribution in [0.5, 0.6) is 0 Å². The molecule has 0 unspecified atom stereocenters. The number of rotatable bonds is 2. The van der Waals surface area contributed by atoms with E-state index in [0.29, 0.717) is 10.9 Å². The summed E-state index contributed by atoms with van der Waals surface area (Å²) in [6.45, 7) is 0. The van der Waals surface area contributed by atoms with Crippen LogP contribution in [-0.4, -0.2) is 9.97 Å². The molecule has 3 aromatic rings. The normalized spacial score (nSPS) is 11.7. The van der Waals surface area contributed by atoms with Crippen LogP contribution < -0.4 is 11.1 Å². The van der Waals surface area contributed by atoms with E-state index in [2.05, 4.69) is 15.3 Å². The molecule has 0 aliphatic rings. The molecule has 1 heterocycles. The Bertz CT molecular complexity index is 877. The van der Waals surface area contributed by atoms with Gasteiger partial charge in [-0.1, -0.05) is 0 Å². The standard InChI is InChI=1S/C15H10F4N4/c16-10-2-1-8-7-21-14(23-13(8)5-10)22-12-4-9(15(17,18)19)3-11(20)6-12/h1-7H,20H2,(H,21,22,23). The predicted molar refractivity (Wildman–Crippen MR) is 78.6 cm³/mol. The second-order valence-corrected chi connectivity index (χ2v) is 4.86. The fourth-order valence-corrected chi connectivity index (χ4v) is 2.07. The van der Waals surface area contributed by atoms with Gasteiger partial charge in [0, 0.05) is 29.0 Å². The molecule has 0 spiro atoms. The zero-order valence-electron chi connectivity index (χ0n) is 11.5. The first-order chi connectivity index (χ1) is 10.8. The topological polar surface area (TPSA) is 63.8 Å². The molecular weight excluding hydrogens is 312 g/mol. The third-order valence-corrected chi connectivity index (χ3v) is 3.08. The molecule has 0 aliphatic heterocycles. The summed E-state index contributed by atoms with van der Waals surface area (Å²) in [7, 11) is 0. The Labute approximate surface area is 128 Å². The monoisotopic (exact) mass is 322 g/mol. The number of aromatic nitrogens is 2. The lowest BCUT2D eigenvalue weighted by Crippen LogP contribution is -2.07. The highest BCUT2D eigenvalue weighted by Gasteiger charge is 2.31. The van der Waals surface area contributed by atoms with Crippen LogP contribution in [0.2, 0.25) is 0 Å². The van der Waals surface area contributed by atoms with Crippen LogP contribution in [0.4, 0.5) is 34.9 Å². The number of anilines is 3. The molecule has 3 rings (SSSR count). The van der Waals surface area contributed by atoms with Crippen molar-refractivity contribution in [3.8, 4) is 0 Å². The van der Waals surface area contributed by atoms with E-state index in [1.54, 1.807) is 0 Å². The summed E-state index contributed by atoms with van der Waals surface area (Å²) in [6, 6.07) is 7.05. The maximum absolute atomic E-state index is 13.2. The van der Waals surface area contributed by atoms with Gasteiger partial charge in [-0.3, -0.25) is 0 Å². The van der Waals surface area contributed by atoms with Crippen LogP contribution in [0.15, 0.2) is 42.6 Å². The van der Waals surface area contributed by atoms with Crippen molar-refractivity contribution in [3.63, 3.8) is 0 Å². The Morgan fingerprint density at radius 2 is 1.83 bits per heavy atom. The van der Waals surface area contributed by atoms with E-state index >= 15 is 0 Å². The molecule has 1 aromatic heterocycles. The number of hydrogen-bond donors (Lipinski definition) is 2. The average molecular weight is 322 g/mol. The lowest BCUT2D eigenvalue weighted by Gasteiger charge is -2.11. The summed E-state index contributed by atoms with van der Waals surface area (Å²) < 4.78 is 51.6. The maximum Gasteiger partial charge on any atom is 0.416 e. The van der Waals surface area contributed by atoms with Gasteiger partial charge in [0.25, 0.3) is 0 Å². The summed E-state index contributed by atoms with van der Waals surface area (Å²) in [4.78, 5) is 8.06. The SMILES string of the molecule is Nc1cc(Nc2ncc3ccc(F)cc3n2)cc(C(F)(F)F)c1. The number of fused-ring (bicyclic) bond motifs is 1. The highest BCUT2D eigenvalue weighted by molar-refractivity contribution is 5.79. The van der Waals surface area contributed by atoms with Gasteiger partial charge >= 0.3 is 6.18 Å². The maximum atomic E-state index is 13.2. The van der Waals surface area contributed by atoms with Crippen LogP contribution in [0.3, 0.4) is 0 Å². The van der Waals surface area contributed by atoms with E-state index in [-0.39, 0.29) is 17.3 Å². The van der Waals surface area contributed by atoms with Crippen molar-refractivity contribution < 1.29 is 17.6 Å². The summed E-state index contributed by atoms with van der Waals surface area (Å²) in [5.41, 5.74) is 4.99. The van der Waals surface area contributed by atoms with Crippen LogP contribution >= 0.6 is 0 Å². The fraction of sp³-hybridized carbons (Fsp3) is 0.0667. The van der Waals surface area contributed by atoms with Crippen molar-refractivity contribution in [3.05, 3.63) is 54.0 Å². The average Bonchev–Trinajstić information content (AvgIpc) is 2.45. The van der Waals surface area contributed by atoms with Crippen LogP contribution in [0, 0.1) is 5.82 Å². The van der Waals surface area contributed by atoms with Crippen molar-refractivity contribution in [2.45, 2.75) is 6.18 Å². The van der Waals surface area contributed by atoms with E-state index in [0.717, 1.165) is 12.1 Å². The summed E-state index contributed by atoms with van der Waals surface area (Å²) >= 11 is 0. The van der Waals surface area contributed by atoms with Gasteiger partial charge in [-0.05, 0) is 30.3 Å². The molecule has 0 bridgehead atoms. The molecule has 4 nitrogen and oxygen atoms in total. The Balaban J connectivity index is 1.97. The van der Waals surface area contributed by atoms with Gasteiger partial charge < -0.3 is 11.1 Å². The third kappa shape index (κ3) is 3.31. The first-order valence-corrected chi connectivity index (χ1v) is 6.48. The summed E-state index contributed by atoms with van der Waals surface area (Å²) in [5.74, 6) is -0.424. The van der Waals surface area contributed by atoms with E-state index in [1.165, 1.54) is 30.5 Å². The van der Waals surface area contributed by atoms with Gasteiger partial charge in [-0.25, -0.2) is 14.4 Å². The largest absolute Gasteiger partial charge is 0.416 e. The number of hydrogen-bond acceptors (Lipinski definition) is 4. The van der Waals surface area contributed by atoms with Crippen LogP contribution in [0.1, 0.15) is 5.56 Å². The number of nitrogen functional groups attached to an aromatic ring is 1. The minimum atomic E-state index is -4.51. The van der Waals surface area contributed by atoms with Crippen LogP contribution in [-0.2, 0) is 6.18 Å². The lowest BCUT2D eigenvalue weighted by atomic mass is 10.1. The highest BCUT2D eigenvalue weighted by atomic mass is 19.4. The third-order valence-electron chi connectivity index (χ3n) is 3.08. The number of halogens is 4. The first-order valence-electron chi connectivity index (χ1n) is 6.48. The number of nitrogens with one attached hydrogen (secondary N) is 1. The molecule has 0 saturated carbocycles. The number of alkyl halides is 3. The van der Waals surface area contributed by atoms with Gasteiger partial charge in [0.1, 0.15) is 5.82 Å². The van der Waals surface area contributed by atoms with Gasteiger partial charge in [0.05, 0.1) is 11.1 Å². The zero-order valence-corrected chi connectivity index (χ0v) is 11.5. The molecule has 118 valence electrons. The Morgan fingerprint density at radius 3 is 2.57 bits per heavy atom. The molecule has 8 heteroatoms. The fourth-order valence-electron chi connectivity index (χ4n) is 2.07. The van der Waals surface area contributed by atoms with E-state index in [1.807, 2.05) is 0 Å². The molecular formula is C15H10F4N4. The second kappa shape index (κ2) is 5.38. The minimum absolute atomic E-state index is 0.0434. The molecule has 0 atom stereocenters. The molecule has 3 N–H and O–H groups in total. The summed E-state index contributed by atoms with van der Waals surface area (Å²) in [6.07, 6.45) is -3.07. The van der Waals surface area contributed by atoms with Gasteiger partial charge in [0.2, 0.25) is 5.95 Å². The molecule has 0 saturated heterocycles. The minimum Gasteiger partial charge on any atom is -0.399 e. The smallest absolute Gasteiger partial charge is 0.399 e. The van der Waals surface area contributed by atoms with Crippen molar-refractivity contribution in [2.24, 2.45) is 0 Å². The zero-order chi connectivity index (χ0) is 16.6. The molecule has 0 radical (unpaired) electrons. The Hall–Kier alpha value is -2.90. The van der Waals surface area contributed by atoms with Crippen molar-refractivity contribution in [1.29, 1.82) is 0 Å². The van der Waals surface area contributed by atoms with E-state index in [4.69, 9.17) is 5.73 Å². The van der Waals surface area contributed by atoms with Crippen molar-refractivity contribution in [2.75, 3.05) is 11.1 Å². The van der Waals surface area contributed by atoms with Crippen LogP contribution in [0.25, 0.3) is 10.9 Å². The second-order valence-electron chi connectivity index (χ2n) is 4.86. The Kier molecular flexibility index (Phi) is 3.51. The first kappa shape index (κ1) is 15.0. The van der Waals surface area contributed by atoms with E-state index < -0.39 is 17.6 Å². The molecule has 0 amide bonds. The van der Waals surface area contributed by atoms with E-state index in [9.17, 15) is 17.6 Å². The molecule has 0 aliphatic carbocycles. The van der Waals surface area contributed by atoms with Gasteiger partial charge in [-0.15, -0.1) is 0 Å². The number of nitrogens with zero attached hydrogens (tertiary/aromatic N) is 2. The Morgan fingerprint density at radius 1 is 1.04 bits per heavy atom. The van der Waals surface area contributed by atoms with Crippen molar-refractivity contribution in [1.82, 2.24) is 9.97 Å². The number of benzene rings is 2. The molecule has 23 heavy (non-hydrogen) atoms. The van der Waals surface area contributed by atoms with Gasteiger partial charge in [0.15, 0.2) is 0 Å².